The maximum absolute atomic E-state index is 8.83. The highest BCUT2D eigenvalue weighted by atomic mass is 16.3. The Bertz CT molecular complexity index is 342. The molecule has 0 amide bonds. The molecule has 0 saturated carbocycles. The van der Waals surface area contributed by atoms with E-state index in [2.05, 4.69) is 47.5 Å². The van der Waals surface area contributed by atoms with Crippen LogP contribution in [-0.4, -0.2) is 37.4 Å². The highest BCUT2D eigenvalue weighted by Crippen LogP contribution is 2.22. The number of aliphatic hydroxyl groups excluding tert-OH is 1. The second-order valence-electron chi connectivity index (χ2n) is 5.31. The average molecular weight is 248 g/mol. The van der Waals surface area contributed by atoms with Crippen molar-refractivity contribution in [3.8, 4) is 0 Å². The normalized spacial score (nSPS) is 24.2. The fraction of sp³-hybridized carbons (Fsp3) is 0.600. The molecule has 2 atom stereocenters. The van der Waals surface area contributed by atoms with Crippen LogP contribution in [0.2, 0.25) is 0 Å². The minimum absolute atomic E-state index is 0.275. The largest absolute Gasteiger partial charge is 0.396 e. The van der Waals surface area contributed by atoms with Crippen LogP contribution in [0.3, 0.4) is 0 Å². The molecule has 0 spiro atoms. The lowest BCUT2D eigenvalue weighted by molar-refractivity contribution is 0.276. The highest BCUT2D eigenvalue weighted by molar-refractivity contribution is 5.46. The van der Waals surface area contributed by atoms with Gasteiger partial charge >= 0.3 is 0 Å². The molecule has 0 aromatic heterocycles. The van der Waals surface area contributed by atoms with E-state index in [-0.39, 0.29) is 6.61 Å². The monoisotopic (exact) mass is 248 g/mol. The molecule has 0 aliphatic carbocycles. The van der Waals surface area contributed by atoms with Crippen LogP contribution in [0.4, 0.5) is 5.69 Å². The van der Waals surface area contributed by atoms with Crippen molar-refractivity contribution < 1.29 is 5.11 Å². The number of hydrogen-bond donors (Lipinski definition) is 2. The Morgan fingerprint density at radius 3 is 2.78 bits per heavy atom. The first kappa shape index (κ1) is 13.4. The Balaban J connectivity index is 1.92. The third-order valence-corrected chi connectivity index (χ3v) is 3.55. The van der Waals surface area contributed by atoms with E-state index in [1.165, 1.54) is 12.1 Å². The van der Waals surface area contributed by atoms with Gasteiger partial charge in [-0.3, -0.25) is 0 Å². The van der Waals surface area contributed by atoms with Gasteiger partial charge in [0.25, 0.3) is 0 Å². The molecule has 0 radical (unpaired) electrons. The van der Waals surface area contributed by atoms with E-state index in [0.717, 1.165) is 26.1 Å². The summed E-state index contributed by atoms with van der Waals surface area (Å²) in [5.74, 6) is 0.714. The van der Waals surface area contributed by atoms with Crippen molar-refractivity contribution in [2.75, 3.05) is 31.1 Å². The van der Waals surface area contributed by atoms with Gasteiger partial charge in [-0.25, -0.2) is 0 Å². The molecule has 1 aliphatic rings. The maximum atomic E-state index is 8.83. The predicted octanol–water partition coefficient (Wildman–Crippen LogP) is 1.87. The summed E-state index contributed by atoms with van der Waals surface area (Å²) in [7, 11) is 0. The van der Waals surface area contributed by atoms with Gasteiger partial charge < -0.3 is 15.3 Å². The van der Waals surface area contributed by atoms with Crippen molar-refractivity contribution in [3.05, 3.63) is 30.3 Å². The topological polar surface area (TPSA) is 35.5 Å². The lowest BCUT2D eigenvalue weighted by atomic mass is 9.95. The first-order valence-electron chi connectivity index (χ1n) is 6.94. The van der Waals surface area contributed by atoms with Crippen molar-refractivity contribution in [3.63, 3.8) is 0 Å². The van der Waals surface area contributed by atoms with Gasteiger partial charge in [-0.1, -0.05) is 25.1 Å². The molecule has 2 unspecified atom stereocenters. The highest BCUT2D eigenvalue weighted by Gasteiger charge is 2.24. The molecule has 1 fully saturated rings. The quantitative estimate of drug-likeness (QED) is 0.781. The molecule has 2 rings (SSSR count). The smallest absolute Gasteiger partial charge is 0.0443 e. The number of rotatable bonds is 5. The molecule has 0 bridgehead atoms. The molecular formula is C15H24N2O. The van der Waals surface area contributed by atoms with Crippen molar-refractivity contribution in [1.82, 2.24) is 5.32 Å². The minimum Gasteiger partial charge on any atom is -0.396 e. The van der Waals surface area contributed by atoms with Crippen molar-refractivity contribution in [2.45, 2.75) is 25.8 Å². The molecule has 1 saturated heterocycles. The number of piperidine rings is 1. The van der Waals surface area contributed by atoms with E-state index in [0.29, 0.717) is 12.0 Å². The standard InChI is InChI=1S/C15H24N2O/c1-13-10-14(16-8-5-9-18)12-17(11-13)15-6-3-2-4-7-15/h2-4,6-7,13-14,16,18H,5,8-12H2,1H3. The lowest BCUT2D eigenvalue weighted by Crippen LogP contribution is -2.49. The van der Waals surface area contributed by atoms with Crippen molar-refractivity contribution in [2.24, 2.45) is 5.92 Å². The third kappa shape index (κ3) is 3.72. The summed E-state index contributed by atoms with van der Waals surface area (Å²) in [6, 6.07) is 11.2. The Morgan fingerprint density at radius 1 is 1.28 bits per heavy atom. The second-order valence-corrected chi connectivity index (χ2v) is 5.31. The molecule has 1 aromatic rings. The fourth-order valence-corrected chi connectivity index (χ4v) is 2.73. The lowest BCUT2D eigenvalue weighted by Gasteiger charge is -2.38. The Labute approximate surface area is 110 Å². The van der Waals surface area contributed by atoms with Crippen LogP contribution >= 0.6 is 0 Å². The van der Waals surface area contributed by atoms with Crippen LogP contribution in [0.1, 0.15) is 19.8 Å². The summed E-state index contributed by atoms with van der Waals surface area (Å²) in [5.41, 5.74) is 1.32. The van der Waals surface area contributed by atoms with E-state index in [9.17, 15) is 0 Å². The number of para-hydroxylation sites is 1. The van der Waals surface area contributed by atoms with Gasteiger partial charge in [0.2, 0.25) is 0 Å². The summed E-state index contributed by atoms with van der Waals surface area (Å²) in [5, 5.41) is 12.4. The van der Waals surface area contributed by atoms with Crippen LogP contribution in [0.5, 0.6) is 0 Å². The van der Waals surface area contributed by atoms with Crippen LogP contribution in [0.25, 0.3) is 0 Å². The van der Waals surface area contributed by atoms with Crippen LogP contribution in [0.15, 0.2) is 30.3 Å². The van der Waals surface area contributed by atoms with Crippen LogP contribution < -0.4 is 10.2 Å². The molecule has 100 valence electrons. The van der Waals surface area contributed by atoms with Gasteiger partial charge in [-0.2, -0.15) is 0 Å². The van der Waals surface area contributed by atoms with Gasteiger partial charge in [-0.15, -0.1) is 0 Å². The zero-order chi connectivity index (χ0) is 12.8. The van der Waals surface area contributed by atoms with Gasteiger partial charge in [0.15, 0.2) is 0 Å². The summed E-state index contributed by atoms with van der Waals surface area (Å²) < 4.78 is 0. The molecule has 1 heterocycles. The Hall–Kier alpha value is -1.06. The molecule has 2 N–H and O–H groups in total. The second kappa shape index (κ2) is 6.76. The van der Waals surface area contributed by atoms with Crippen molar-refractivity contribution >= 4 is 5.69 Å². The Morgan fingerprint density at radius 2 is 2.06 bits per heavy atom. The van der Waals surface area contributed by atoms with Gasteiger partial charge in [0.05, 0.1) is 0 Å². The predicted molar refractivity (Wildman–Crippen MR) is 75.9 cm³/mol. The number of benzene rings is 1. The summed E-state index contributed by atoms with van der Waals surface area (Å²) in [6.45, 7) is 5.71. The van der Waals surface area contributed by atoms with Crippen LogP contribution in [-0.2, 0) is 0 Å². The van der Waals surface area contributed by atoms with Gasteiger partial charge in [0.1, 0.15) is 0 Å². The molecule has 3 nitrogen and oxygen atoms in total. The minimum atomic E-state index is 0.275. The summed E-state index contributed by atoms with van der Waals surface area (Å²) >= 11 is 0. The summed E-state index contributed by atoms with van der Waals surface area (Å²) in [4.78, 5) is 2.46. The Kier molecular flexibility index (Phi) is 5.02. The zero-order valence-corrected chi connectivity index (χ0v) is 11.2. The van der Waals surface area contributed by atoms with Crippen molar-refractivity contribution in [1.29, 1.82) is 0 Å². The average Bonchev–Trinajstić information content (AvgIpc) is 2.39. The van der Waals surface area contributed by atoms with Crippen LogP contribution in [0, 0.1) is 5.92 Å². The summed E-state index contributed by atoms with van der Waals surface area (Å²) in [6.07, 6.45) is 2.07. The number of nitrogens with one attached hydrogen (secondary N) is 1. The van der Waals surface area contributed by atoms with E-state index < -0.39 is 0 Å². The van der Waals surface area contributed by atoms with Gasteiger partial charge in [-0.05, 0) is 37.4 Å². The van der Waals surface area contributed by atoms with E-state index in [4.69, 9.17) is 5.11 Å². The molecular weight excluding hydrogens is 224 g/mol. The first-order chi connectivity index (χ1) is 8.79. The molecule has 1 aromatic carbocycles. The molecule has 18 heavy (non-hydrogen) atoms. The maximum Gasteiger partial charge on any atom is 0.0443 e. The number of nitrogens with zero attached hydrogens (tertiary/aromatic N) is 1. The number of aliphatic hydroxyl groups is 1. The third-order valence-electron chi connectivity index (χ3n) is 3.55. The molecule has 1 aliphatic heterocycles. The van der Waals surface area contributed by atoms with E-state index >= 15 is 0 Å². The number of anilines is 1. The number of hydrogen-bond acceptors (Lipinski definition) is 3. The van der Waals surface area contributed by atoms with Gasteiger partial charge in [0, 0.05) is 31.4 Å². The zero-order valence-electron chi connectivity index (χ0n) is 11.2. The fourth-order valence-electron chi connectivity index (χ4n) is 2.73. The SMILES string of the molecule is CC1CC(NCCCO)CN(c2ccccc2)C1. The first-order valence-corrected chi connectivity index (χ1v) is 6.94. The van der Waals surface area contributed by atoms with E-state index in [1.54, 1.807) is 0 Å². The van der Waals surface area contributed by atoms with E-state index in [1.807, 2.05) is 0 Å². The molecule has 3 heteroatoms.